The van der Waals surface area contributed by atoms with E-state index in [0.717, 1.165) is 22.5 Å². The van der Waals surface area contributed by atoms with Gasteiger partial charge < -0.3 is 10.2 Å². The van der Waals surface area contributed by atoms with Crippen LogP contribution in [0, 0.1) is 0 Å². The van der Waals surface area contributed by atoms with Crippen molar-refractivity contribution in [2.24, 2.45) is 9.98 Å². The zero-order valence-corrected chi connectivity index (χ0v) is 23.0. The first-order valence-corrected chi connectivity index (χ1v) is 15.5. The van der Waals surface area contributed by atoms with Crippen molar-refractivity contribution >= 4 is 42.4 Å². The Kier molecular flexibility index (Phi) is 10.3. The van der Waals surface area contributed by atoms with Crippen LogP contribution in [-0.4, -0.2) is 22.6 Å². The summed E-state index contributed by atoms with van der Waals surface area (Å²) < 4.78 is 0. The van der Waals surface area contributed by atoms with Crippen molar-refractivity contribution < 1.29 is 27.2 Å². The molecule has 4 aromatic rings. The molecule has 0 amide bonds. The maximum atomic E-state index is 11.1. The fraction of sp³-hybridized carbons (Fsp3) is 0.103. The first-order valence-electron chi connectivity index (χ1n) is 11.2. The van der Waals surface area contributed by atoms with Gasteiger partial charge in [-0.2, -0.15) is 0 Å². The number of para-hydroxylation sites is 3. The fourth-order valence-electron chi connectivity index (χ4n) is 3.70. The van der Waals surface area contributed by atoms with Crippen LogP contribution in [0.1, 0.15) is 36.1 Å². The molecule has 182 valence electrons. The molecular formula is C29H26Cl2N2O2Ti. The summed E-state index contributed by atoms with van der Waals surface area (Å²) in [5, 5.41) is 21.0. The van der Waals surface area contributed by atoms with Crippen molar-refractivity contribution in [2.45, 2.75) is 19.3 Å². The summed E-state index contributed by atoms with van der Waals surface area (Å²) in [7, 11) is 9.78. The van der Waals surface area contributed by atoms with Gasteiger partial charge in [0.2, 0.25) is 0 Å². The monoisotopic (exact) mass is 552 g/mol. The molecule has 4 aromatic carbocycles. The molecule has 0 atom stereocenters. The molecule has 0 aliphatic heterocycles. The quantitative estimate of drug-likeness (QED) is 0.186. The van der Waals surface area contributed by atoms with Gasteiger partial charge >= 0.3 is 35.6 Å². The molecule has 4 nitrogen and oxygen atoms in total. The number of nitrogens with zero attached hydrogens (tertiary/aromatic N) is 2. The van der Waals surface area contributed by atoms with Gasteiger partial charge in [0.05, 0.1) is 11.4 Å². The number of aliphatic imine (C=N–C) groups is 2. The molecule has 7 heteroatoms. The average Bonchev–Trinajstić information content (AvgIpc) is 2.89. The molecule has 0 fully saturated rings. The van der Waals surface area contributed by atoms with Crippen LogP contribution >= 0.6 is 18.6 Å². The van der Waals surface area contributed by atoms with Crippen molar-refractivity contribution in [1.29, 1.82) is 0 Å². The summed E-state index contributed by atoms with van der Waals surface area (Å²) >= 11 is -0.556. The molecule has 0 saturated carbocycles. The molecular weight excluding hydrogens is 527 g/mol. The Morgan fingerprint density at radius 3 is 1.97 bits per heavy atom. The van der Waals surface area contributed by atoms with Gasteiger partial charge in [-0.1, -0.05) is 68.4 Å². The summed E-state index contributed by atoms with van der Waals surface area (Å²) in [5.41, 5.74) is 4.27. The van der Waals surface area contributed by atoms with Crippen molar-refractivity contribution in [2.75, 3.05) is 0 Å². The van der Waals surface area contributed by atoms with Gasteiger partial charge in [0.15, 0.2) is 0 Å². The molecule has 0 aliphatic carbocycles. The van der Waals surface area contributed by atoms with Crippen molar-refractivity contribution in [3.05, 3.63) is 119 Å². The summed E-state index contributed by atoms with van der Waals surface area (Å²) in [6, 6.07) is 30.4. The number of benzene rings is 4. The number of aromatic hydroxyl groups is 2. The zero-order valence-electron chi connectivity index (χ0n) is 19.9. The Hall–Kier alpha value is -2.89. The van der Waals surface area contributed by atoms with Crippen LogP contribution in [0.4, 0.5) is 11.4 Å². The van der Waals surface area contributed by atoms with Crippen molar-refractivity contribution in [3.8, 4) is 11.5 Å². The molecule has 0 aromatic heterocycles. The van der Waals surface area contributed by atoms with E-state index in [1.165, 1.54) is 0 Å². The summed E-state index contributed by atoms with van der Waals surface area (Å²) in [5.74, 6) is 0.405. The van der Waals surface area contributed by atoms with Crippen LogP contribution in [0.5, 0.6) is 11.5 Å². The second-order valence-corrected chi connectivity index (χ2v) is 11.0. The van der Waals surface area contributed by atoms with Gasteiger partial charge in [-0.25, -0.2) is 0 Å². The number of rotatable bonds is 6. The first-order chi connectivity index (χ1) is 17.4. The van der Waals surface area contributed by atoms with Crippen LogP contribution in [0.2, 0.25) is 0 Å². The third-order valence-corrected chi connectivity index (χ3v) is 5.71. The van der Waals surface area contributed by atoms with Crippen molar-refractivity contribution in [3.63, 3.8) is 0 Å². The molecule has 0 aliphatic rings. The summed E-state index contributed by atoms with van der Waals surface area (Å²) in [6.07, 6.45) is 3.34. The van der Waals surface area contributed by atoms with Crippen LogP contribution in [0.15, 0.2) is 107 Å². The normalized spacial score (nSPS) is 11.3. The van der Waals surface area contributed by atoms with Crippen LogP contribution in [0.25, 0.3) is 0 Å². The SMILES string of the molecule is CC(C)(c1cccc(N=Cc2ccccc2O)c1)c1cccc(C=Nc2ccccc2)c1O.[Cl][Ti][Cl]. The van der Waals surface area contributed by atoms with Crippen LogP contribution in [-0.2, 0) is 22.4 Å². The minimum absolute atomic E-state index is 0.191. The molecule has 4 rings (SSSR count). The van der Waals surface area contributed by atoms with E-state index in [-0.39, 0.29) is 11.5 Å². The zero-order chi connectivity index (χ0) is 26.0. The Morgan fingerprint density at radius 2 is 1.25 bits per heavy atom. The molecule has 0 spiro atoms. The maximum absolute atomic E-state index is 11.1. The van der Waals surface area contributed by atoms with Gasteiger partial charge in [-0.3, -0.25) is 9.98 Å². The summed E-state index contributed by atoms with van der Waals surface area (Å²) in [4.78, 5) is 9.02. The fourth-order valence-corrected chi connectivity index (χ4v) is 3.70. The topological polar surface area (TPSA) is 65.2 Å². The third kappa shape index (κ3) is 7.31. The van der Waals surface area contributed by atoms with E-state index in [4.69, 9.17) is 18.6 Å². The molecule has 0 heterocycles. The predicted octanol–water partition coefficient (Wildman–Crippen LogP) is 8.30. The predicted molar refractivity (Wildman–Crippen MR) is 147 cm³/mol. The number of phenols is 2. The van der Waals surface area contributed by atoms with Gasteiger partial charge in [-0.05, 0) is 48.0 Å². The van der Waals surface area contributed by atoms with E-state index in [1.54, 1.807) is 24.6 Å². The van der Waals surface area contributed by atoms with E-state index in [0.29, 0.717) is 11.1 Å². The van der Waals surface area contributed by atoms with E-state index >= 15 is 0 Å². The Balaban J connectivity index is 0.00000115. The second kappa shape index (κ2) is 13.4. The van der Waals surface area contributed by atoms with Crippen LogP contribution in [0.3, 0.4) is 0 Å². The van der Waals surface area contributed by atoms with E-state index in [1.807, 2.05) is 84.9 Å². The molecule has 0 unspecified atom stereocenters. The van der Waals surface area contributed by atoms with E-state index < -0.39 is 22.4 Å². The van der Waals surface area contributed by atoms with E-state index in [9.17, 15) is 10.2 Å². The van der Waals surface area contributed by atoms with Gasteiger partial charge in [0.25, 0.3) is 0 Å². The Bertz CT molecular complexity index is 1340. The number of hydrogen-bond donors (Lipinski definition) is 2. The standard InChI is InChI=1S/C29H26N2O2.2ClH.Ti/c1-29(2,23-12-9-15-25(18-23)31-19-21-10-6-7-17-27(21)32)26-16-8-11-22(28(26)33)20-30-24-13-4-3-5-14-24;;;/h3-20,32-33H,1-2H3;2*1H;/q;;;+2/p-2. The molecule has 0 bridgehead atoms. The van der Waals surface area contributed by atoms with Gasteiger partial charge in [0, 0.05) is 34.5 Å². The van der Waals surface area contributed by atoms with Crippen LogP contribution < -0.4 is 0 Å². The molecule has 2 N–H and O–H groups in total. The molecule has 0 radical (unpaired) electrons. The third-order valence-electron chi connectivity index (χ3n) is 5.71. The first kappa shape index (κ1) is 27.7. The molecule has 0 saturated heterocycles. The number of phenolic OH excluding ortho intramolecular Hbond substituents is 2. The second-order valence-electron chi connectivity index (χ2n) is 8.40. The van der Waals surface area contributed by atoms with Gasteiger partial charge in [0.1, 0.15) is 11.5 Å². The number of halogens is 2. The van der Waals surface area contributed by atoms with E-state index in [2.05, 4.69) is 23.8 Å². The van der Waals surface area contributed by atoms with Gasteiger partial charge in [-0.15, -0.1) is 0 Å². The summed E-state index contributed by atoms with van der Waals surface area (Å²) in [6.45, 7) is 4.15. The minimum atomic E-state index is -0.556. The number of hydrogen-bond acceptors (Lipinski definition) is 4. The molecule has 36 heavy (non-hydrogen) atoms. The Labute approximate surface area is 228 Å². The van der Waals surface area contributed by atoms with Crippen molar-refractivity contribution in [1.82, 2.24) is 0 Å². The Morgan fingerprint density at radius 1 is 0.694 bits per heavy atom. The average molecular weight is 553 g/mol.